The van der Waals surface area contributed by atoms with Gasteiger partial charge in [-0.1, -0.05) is 48.5 Å². The van der Waals surface area contributed by atoms with E-state index in [2.05, 4.69) is 24.3 Å². The van der Waals surface area contributed by atoms with E-state index in [0.717, 1.165) is 0 Å². The molecule has 1 aliphatic rings. The first kappa shape index (κ1) is 20.3. The molecule has 0 fully saturated rings. The molecule has 0 spiro atoms. The number of hydrogen-bond donors (Lipinski definition) is 1. The van der Waals surface area contributed by atoms with Crippen LogP contribution >= 0.6 is 0 Å². The molecule has 0 saturated heterocycles. The molecule has 6 heteroatoms. The van der Waals surface area contributed by atoms with Crippen molar-refractivity contribution in [1.82, 2.24) is 4.90 Å². The standard InChI is InChI=1S/C22H27NO5/c1-23(10-12-26-14-15-27-13-11-24)22(25)28-16-21-19-8-4-2-6-17(19)18-7-3-5-9-20(18)21/h2-9,21,24H,10-16H2,1H3. The molecule has 2 aromatic carbocycles. The zero-order valence-electron chi connectivity index (χ0n) is 16.2. The Bertz CT molecular complexity index is 734. The molecule has 0 aromatic heterocycles. The van der Waals surface area contributed by atoms with Gasteiger partial charge in [-0.2, -0.15) is 0 Å². The average molecular weight is 385 g/mol. The first-order chi connectivity index (χ1) is 13.7. The Kier molecular flexibility index (Phi) is 7.42. The minimum atomic E-state index is -0.359. The summed E-state index contributed by atoms with van der Waals surface area (Å²) in [6.45, 7) is 2.33. The Hall–Kier alpha value is -2.41. The van der Waals surface area contributed by atoms with Crippen LogP contribution in [0.2, 0.25) is 0 Å². The Morgan fingerprint density at radius 1 is 0.929 bits per heavy atom. The van der Waals surface area contributed by atoms with Crippen molar-refractivity contribution in [3.8, 4) is 11.1 Å². The number of aliphatic hydroxyl groups is 1. The van der Waals surface area contributed by atoms with Gasteiger partial charge >= 0.3 is 6.09 Å². The molecule has 1 amide bonds. The first-order valence-corrected chi connectivity index (χ1v) is 9.55. The zero-order chi connectivity index (χ0) is 19.8. The number of carbonyl (C=O) groups excluding carboxylic acids is 1. The lowest BCUT2D eigenvalue weighted by molar-refractivity contribution is 0.0268. The number of benzene rings is 2. The van der Waals surface area contributed by atoms with E-state index in [1.54, 1.807) is 7.05 Å². The Balaban J connectivity index is 1.47. The molecule has 0 saturated carbocycles. The number of nitrogens with zero attached hydrogens (tertiary/aromatic N) is 1. The maximum absolute atomic E-state index is 12.3. The van der Waals surface area contributed by atoms with Gasteiger partial charge in [0, 0.05) is 19.5 Å². The van der Waals surface area contributed by atoms with Crippen LogP contribution < -0.4 is 0 Å². The fourth-order valence-electron chi connectivity index (χ4n) is 3.38. The second kappa shape index (κ2) is 10.2. The van der Waals surface area contributed by atoms with Crippen LogP contribution in [-0.4, -0.2) is 69.3 Å². The van der Waals surface area contributed by atoms with E-state index < -0.39 is 0 Å². The summed E-state index contributed by atoms with van der Waals surface area (Å²) >= 11 is 0. The van der Waals surface area contributed by atoms with Gasteiger partial charge in [-0.05, 0) is 22.3 Å². The lowest BCUT2D eigenvalue weighted by Crippen LogP contribution is -2.32. The molecule has 3 rings (SSSR count). The fraction of sp³-hybridized carbons (Fsp3) is 0.409. The molecular formula is C22H27NO5. The molecule has 1 aliphatic carbocycles. The third-order valence-electron chi connectivity index (χ3n) is 4.83. The van der Waals surface area contributed by atoms with E-state index in [1.165, 1.54) is 27.2 Å². The molecule has 0 aliphatic heterocycles. The molecule has 0 atom stereocenters. The Labute approximate surface area is 165 Å². The summed E-state index contributed by atoms with van der Waals surface area (Å²) in [5.41, 5.74) is 4.82. The van der Waals surface area contributed by atoms with E-state index in [-0.39, 0.29) is 18.6 Å². The molecule has 2 aromatic rings. The molecule has 0 radical (unpaired) electrons. The number of carbonyl (C=O) groups is 1. The highest BCUT2D eigenvalue weighted by Gasteiger charge is 2.29. The summed E-state index contributed by atoms with van der Waals surface area (Å²) in [5.74, 6) is 0.0599. The van der Waals surface area contributed by atoms with Crippen molar-refractivity contribution in [2.75, 3.05) is 53.2 Å². The minimum absolute atomic E-state index is 0.00449. The number of likely N-dealkylation sites (N-methyl/N-ethyl adjacent to an activating group) is 1. The highest BCUT2D eigenvalue weighted by molar-refractivity contribution is 5.79. The lowest BCUT2D eigenvalue weighted by Gasteiger charge is -2.19. The highest BCUT2D eigenvalue weighted by Crippen LogP contribution is 2.44. The second-order valence-corrected chi connectivity index (χ2v) is 6.67. The minimum Gasteiger partial charge on any atom is -0.448 e. The average Bonchev–Trinajstić information content (AvgIpc) is 3.05. The predicted molar refractivity (Wildman–Crippen MR) is 106 cm³/mol. The predicted octanol–water partition coefficient (Wildman–Crippen LogP) is 2.89. The van der Waals surface area contributed by atoms with E-state index in [0.29, 0.717) is 39.6 Å². The monoisotopic (exact) mass is 385 g/mol. The highest BCUT2D eigenvalue weighted by atomic mass is 16.6. The summed E-state index contributed by atoms with van der Waals surface area (Å²) in [4.78, 5) is 13.8. The summed E-state index contributed by atoms with van der Waals surface area (Å²) < 4.78 is 16.1. The normalized spacial score (nSPS) is 12.5. The van der Waals surface area contributed by atoms with Gasteiger partial charge in [0.2, 0.25) is 0 Å². The molecule has 28 heavy (non-hydrogen) atoms. The van der Waals surface area contributed by atoms with Crippen LogP contribution in [0.15, 0.2) is 48.5 Å². The van der Waals surface area contributed by atoms with Crippen molar-refractivity contribution in [3.63, 3.8) is 0 Å². The molecule has 0 unspecified atom stereocenters. The number of ether oxygens (including phenoxy) is 3. The maximum atomic E-state index is 12.3. The lowest BCUT2D eigenvalue weighted by atomic mass is 9.98. The molecule has 0 heterocycles. The van der Waals surface area contributed by atoms with Crippen molar-refractivity contribution in [1.29, 1.82) is 0 Å². The van der Waals surface area contributed by atoms with Gasteiger partial charge in [0.1, 0.15) is 6.61 Å². The van der Waals surface area contributed by atoms with Crippen LogP contribution in [0.5, 0.6) is 0 Å². The van der Waals surface area contributed by atoms with Gasteiger partial charge in [0.05, 0.1) is 33.0 Å². The summed E-state index contributed by atoms with van der Waals surface area (Å²) in [6.07, 6.45) is -0.359. The fourth-order valence-corrected chi connectivity index (χ4v) is 3.38. The maximum Gasteiger partial charge on any atom is 0.409 e. The van der Waals surface area contributed by atoms with Crippen LogP contribution in [0.25, 0.3) is 11.1 Å². The van der Waals surface area contributed by atoms with E-state index in [4.69, 9.17) is 19.3 Å². The largest absolute Gasteiger partial charge is 0.448 e. The number of rotatable bonds is 10. The van der Waals surface area contributed by atoms with Gasteiger partial charge in [0.15, 0.2) is 0 Å². The van der Waals surface area contributed by atoms with E-state index >= 15 is 0 Å². The number of aliphatic hydroxyl groups excluding tert-OH is 1. The van der Waals surface area contributed by atoms with Crippen molar-refractivity contribution in [2.24, 2.45) is 0 Å². The van der Waals surface area contributed by atoms with Gasteiger partial charge in [0.25, 0.3) is 0 Å². The van der Waals surface area contributed by atoms with Crippen molar-refractivity contribution in [3.05, 3.63) is 59.7 Å². The first-order valence-electron chi connectivity index (χ1n) is 9.55. The van der Waals surface area contributed by atoms with E-state index in [1.807, 2.05) is 24.3 Å². The molecular weight excluding hydrogens is 358 g/mol. The molecule has 1 N–H and O–H groups in total. The third-order valence-corrected chi connectivity index (χ3v) is 4.83. The number of hydrogen-bond acceptors (Lipinski definition) is 5. The number of amides is 1. The van der Waals surface area contributed by atoms with Crippen LogP contribution in [0.3, 0.4) is 0 Å². The zero-order valence-corrected chi connectivity index (χ0v) is 16.2. The topological polar surface area (TPSA) is 68.2 Å². The molecule has 0 bridgehead atoms. The molecule has 6 nitrogen and oxygen atoms in total. The Morgan fingerprint density at radius 2 is 1.50 bits per heavy atom. The van der Waals surface area contributed by atoms with Crippen LogP contribution in [0, 0.1) is 0 Å². The van der Waals surface area contributed by atoms with Crippen LogP contribution in [0.4, 0.5) is 4.79 Å². The van der Waals surface area contributed by atoms with Gasteiger partial charge in [-0.25, -0.2) is 4.79 Å². The van der Waals surface area contributed by atoms with Crippen molar-refractivity contribution >= 4 is 6.09 Å². The quantitative estimate of drug-likeness (QED) is 0.637. The van der Waals surface area contributed by atoms with Gasteiger partial charge < -0.3 is 24.2 Å². The van der Waals surface area contributed by atoms with Crippen molar-refractivity contribution < 1.29 is 24.1 Å². The van der Waals surface area contributed by atoms with Gasteiger partial charge in [-0.15, -0.1) is 0 Å². The summed E-state index contributed by atoms with van der Waals surface area (Å²) in [7, 11) is 1.70. The summed E-state index contributed by atoms with van der Waals surface area (Å²) in [6, 6.07) is 16.5. The Morgan fingerprint density at radius 3 is 2.11 bits per heavy atom. The third kappa shape index (κ3) is 4.90. The smallest absolute Gasteiger partial charge is 0.409 e. The van der Waals surface area contributed by atoms with Crippen LogP contribution in [-0.2, 0) is 14.2 Å². The summed E-state index contributed by atoms with van der Waals surface area (Å²) in [5, 5.41) is 8.62. The second-order valence-electron chi connectivity index (χ2n) is 6.67. The van der Waals surface area contributed by atoms with E-state index in [9.17, 15) is 4.79 Å². The number of fused-ring (bicyclic) bond motifs is 3. The van der Waals surface area contributed by atoms with Crippen LogP contribution in [0.1, 0.15) is 17.0 Å². The van der Waals surface area contributed by atoms with Crippen molar-refractivity contribution in [2.45, 2.75) is 5.92 Å². The van der Waals surface area contributed by atoms with Gasteiger partial charge in [-0.3, -0.25) is 0 Å². The SMILES string of the molecule is CN(CCOCCOCCO)C(=O)OCC1c2ccccc2-c2ccccc21. The molecule has 150 valence electrons.